The third-order valence-electron chi connectivity index (χ3n) is 5.16. The number of thioether (sulfide) groups is 1. The minimum atomic E-state index is -1.01. The molecular formula is C15H23N3O4S. The van der Waals surface area contributed by atoms with E-state index in [-0.39, 0.29) is 17.2 Å². The van der Waals surface area contributed by atoms with Crippen molar-refractivity contribution in [3.05, 3.63) is 0 Å². The Bertz CT molecular complexity index is 559. The van der Waals surface area contributed by atoms with Crippen molar-refractivity contribution in [3.63, 3.8) is 0 Å². The molecule has 2 aliphatic heterocycles. The van der Waals surface area contributed by atoms with Gasteiger partial charge in [-0.15, -0.1) is 11.8 Å². The lowest BCUT2D eigenvalue weighted by Crippen LogP contribution is -2.72. The highest BCUT2D eigenvalue weighted by atomic mass is 32.2. The van der Waals surface area contributed by atoms with E-state index in [2.05, 4.69) is 5.32 Å². The fourth-order valence-electron chi connectivity index (χ4n) is 3.84. The molecule has 3 atom stereocenters. The normalized spacial score (nSPS) is 34.5. The third kappa shape index (κ3) is 2.52. The SMILES string of the molecule is CC1(C)S[C@@H]2C(NC(=O)C3(N)CCCCC3)C(=O)N2[C@H]1C(=O)O. The number of carbonyl (C=O) groups is 3. The molecule has 3 fully saturated rings. The van der Waals surface area contributed by atoms with E-state index in [1.165, 1.54) is 16.7 Å². The highest BCUT2D eigenvalue weighted by Crippen LogP contribution is 2.50. The van der Waals surface area contributed by atoms with Gasteiger partial charge in [0, 0.05) is 4.75 Å². The number of hydrogen-bond acceptors (Lipinski definition) is 5. The minimum absolute atomic E-state index is 0.285. The lowest BCUT2D eigenvalue weighted by molar-refractivity contribution is -0.161. The van der Waals surface area contributed by atoms with Gasteiger partial charge in [-0.2, -0.15) is 0 Å². The van der Waals surface area contributed by atoms with Crippen LogP contribution in [0.5, 0.6) is 0 Å². The van der Waals surface area contributed by atoms with Gasteiger partial charge in [-0.25, -0.2) is 4.79 Å². The first kappa shape index (κ1) is 16.6. The number of fused-ring (bicyclic) bond motifs is 1. The van der Waals surface area contributed by atoms with E-state index in [0.717, 1.165) is 19.3 Å². The van der Waals surface area contributed by atoms with Crippen molar-refractivity contribution >= 4 is 29.5 Å². The monoisotopic (exact) mass is 341 g/mol. The van der Waals surface area contributed by atoms with Gasteiger partial charge in [-0.05, 0) is 26.7 Å². The van der Waals surface area contributed by atoms with Crippen LogP contribution >= 0.6 is 11.8 Å². The van der Waals surface area contributed by atoms with E-state index in [1.807, 2.05) is 13.8 Å². The van der Waals surface area contributed by atoms with Crippen LogP contribution in [0, 0.1) is 0 Å². The standard InChI is InChI=1S/C15H23N3O4S/c1-14(2)9(12(20)21)18-10(19)8(11(18)23-14)17-13(22)15(16)6-4-3-5-7-15/h8-9,11H,3-7,16H2,1-2H3,(H,17,22)(H,20,21)/t8?,9-,11+/m0/s1. The molecule has 2 saturated heterocycles. The Kier molecular flexibility index (Phi) is 3.87. The number of hydrogen-bond donors (Lipinski definition) is 3. The van der Waals surface area contributed by atoms with Gasteiger partial charge in [0.25, 0.3) is 0 Å². The first-order valence-corrected chi connectivity index (χ1v) is 8.88. The lowest BCUT2D eigenvalue weighted by atomic mass is 9.81. The number of nitrogens with zero attached hydrogens (tertiary/aromatic N) is 1. The summed E-state index contributed by atoms with van der Waals surface area (Å²) in [4.78, 5) is 37.7. The molecule has 0 aromatic rings. The van der Waals surface area contributed by atoms with Crippen molar-refractivity contribution in [1.82, 2.24) is 10.2 Å². The second kappa shape index (κ2) is 5.37. The van der Waals surface area contributed by atoms with Crippen LogP contribution in [0.1, 0.15) is 46.0 Å². The number of carboxylic acid groups (broad SMARTS) is 1. The number of amides is 2. The molecule has 4 N–H and O–H groups in total. The van der Waals surface area contributed by atoms with Gasteiger partial charge in [0.15, 0.2) is 0 Å². The van der Waals surface area contributed by atoms with Crippen molar-refractivity contribution in [1.29, 1.82) is 0 Å². The average Bonchev–Trinajstić information content (AvgIpc) is 2.73. The number of carboxylic acids is 1. The fraction of sp³-hybridized carbons (Fsp3) is 0.800. The number of nitrogens with one attached hydrogen (secondary N) is 1. The van der Waals surface area contributed by atoms with Crippen LogP contribution in [-0.2, 0) is 14.4 Å². The summed E-state index contributed by atoms with van der Waals surface area (Å²) >= 11 is 1.42. The molecule has 7 nitrogen and oxygen atoms in total. The molecule has 1 aliphatic carbocycles. The van der Waals surface area contributed by atoms with Crippen LogP contribution in [0.15, 0.2) is 0 Å². The van der Waals surface area contributed by atoms with Gasteiger partial charge < -0.3 is 21.1 Å². The van der Waals surface area contributed by atoms with Crippen LogP contribution in [-0.4, -0.2) is 55.5 Å². The molecule has 0 radical (unpaired) electrons. The van der Waals surface area contributed by atoms with Crippen molar-refractivity contribution in [3.8, 4) is 0 Å². The van der Waals surface area contributed by atoms with Crippen LogP contribution in [0.4, 0.5) is 0 Å². The zero-order valence-corrected chi connectivity index (χ0v) is 14.2. The van der Waals surface area contributed by atoms with E-state index in [9.17, 15) is 19.5 Å². The van der Waals surface area contributed by atoms with Gasteiger partial charge in [0.05, 0.1) is 5.54 Å². The molecule has 2 heterocycles. The van der Waals surface area contributed by atoms with Crippen molar-refractivity contribution < 1.29 is 19.5 Å². The molecule has 0 bridgehead atoms. The molecule has 0 aromatic heterocycles. The molecule has 1 saturated carbocycles. The summed E-state index contributed by atoms with van der Waals surface area (Å²) in [7, 11) is 0. The van der Waals surface area contributed by atoms with Gasteiger partial charge in [0.2, 0.25) is 11.8 Å². The predicted molar refractivity (Wildman–Crippen MR) is 85.7 cm³/mol. The minimum Gasteiger partial charge on any atom is -0.480 e. The van der Waals surface area contributed by atoms with Crippen LogP contribution < -0.4 is 11.1 Å². The number of β-lactam (4-membered cyclic amide) rings is 1. The summed E-state index contributed by atoms with van der Waals surface area (Å²) in [5.74, 6) is -1.62. The lowest BCUT2D eigenvalue weighted by Gasteiger charge is -2.45. The predicted octanol–water partition coefficient (Wildman–Crippen LogP) is 0.280. The van der Waals surface area contributed by atoms with E-state index < -0.39 is 28.3 Å². The molecule has 0 aromatic carbocycles. The quantitative estimate of drug-likeness (QED) is 0.636. The molecule has 8 heteroatoms. The maximum absolute atomic E-state index is 12.5. The molecule has 3 rings (SSSR count). The van der Waals surface area contributed by atoms with E-state index in [0.29, 0.717) is 12.8 Å². The highest BCUT2D eigenvalue weighted by Gasteiger charge is 2.64. The molecule has 3 aliphatic rings. The maximum atomic E-state index is 12.5. The molecular weight excluding hydrogens is 318 g/mol. The maximum Gasteiger partial charge on any atom is 0.327 e. The Balaban J connectivity index is 1.71. The molecule has 1 unspecified atom stereocenters. The Labute approximate surface area is 139 Å². The topological polar surface area (TPSA) is 113 Å². The molecule has 128 valence electrons. The second-order valence-electron chi connectivity index (χ2n) is 7.27. The Morgan fingerprint density at radius 3 is 2.48 bits per heavy atom. The first-order chi connectivity index (χ1) is 10.7. The summed E-state index contributed by atoms with van der Waals surface area (Å²) < 4.78 is -0.586. The van der Waals surface area contributed by atoms with Crippen molar-refractivity contribution in [2.24, 2.45) is 5.73 Å². The zero-order chi connectivity index (χ0) is 17.0. The fourth-order valence-corrected chi connectivity index (χ4v) is 5.47. The molecule has 0 spiro atoms. The van der Waals surface area contributed by atoms with Gasteiger partial charge in [0.1, 0.15) is 17.5 Å². The van der Waals surface area contributed by atoms with Crippen LogP contribution in [0.2, 0.25) is 0 Å². The first-order valence-electron chi connectivity index (χ1n) is 8.00. The molecule has 23 heavy (non-hydrogen) atoms. The smallest absolute Gasteiger partial charge is 0.327 e. The number of carbonyl (C=O) groups excluding carboxylic acids is 2. The van der Waals surface area contributed by atoms with E-state index in [4.69, 9.17) is 5.73 Å². The number of aliphatic carboxylic acids is 1. The third-order valence-corrected chi connectivity index (χ3v) is 6.73. The second-order valence-corrected chi connectivity index (χ2v) is 9.04. The summed E-state index contributed by atoms with van der Waals surface area (Å²) in [5.41, 5.74) is 5.30. The van der Waals surface area contributed by atoms with Gasteiger partial charge in [-0.3, -0.25) is 9.59 Å². The van der Waals surface area contributed by atoms with Crippen LogP contribution in [0.25, 0.3) is 0 Å². The summed E-state index contributed by atoms with van der Waals surface area (Å²) in [6.45, 7) is 3.62. The van der Waals surface area contributed by atoms with E-state index in [1.54, 1.807) is 0 Å². The molecule has 2 amide bonds. The number of nitrogens with two attached hydrogens (primary N) is 1. The van der Waals surface area contributed by atoms with Gasteiger partial charge >= 0.3 is 5.97 Å². The number of rotatable bonds is 3. The van der Waals surface area contributed by atoms with Crippen LogP contribution in [0.3, 0.4) is 0 Å². The Morgan fingerprint density at radius 1 is 1.30 bits per heavy atom. The van der Waals surface area contributed by atoms with Crippen molar-refractivity contribution in [2.75, 3.05) is 0 Å². The summed E-state index contributed by atoms with van der Waals surface area (Å²) in [6, 6.07) is -1.53. The average molecular weight is 341 g/mol. The summed E-state index contributed by atoms with van der Waals surface area (Å²) in [6.07, 6.45) is 4.17. The Morgan fingerprint density at radius 2 is 1.91 bits per heavy atom. The largest absolute Gasteiger partial charge is 0.480 e. The van der Waals surface area contributed by atoms with Gasteiger partial charge in [-0.1, -0.05) is 19.3 Å². The Hall–Kier alpha value is -1.28. The highest BCUT2D eigenvalue weighted by molar-refractivity contribution is 8.01. The van der Waals surface area contributed by atoms with Crippen molar-refractivity contribution in [2.45, 2.75) is 73.7 Å². The summed E-state index contributed by atoms with van der Waals surface area (Å²) in [5, 5.41) is 11.8. The zero-order valence-electron chi connectivity index (χ0n) is 13.4. The van der Waals surface area contributed by atoms with E-state index >= 15 is 0 Å².